The Bertz CT molecular complexity index is 429. The molecule has 0 fully saturated rings. The quantitative estimate of drug-likeness (QED) is 0.845. The summed E-state index contributed by atoms with van der Waals surface area (Å²) in [6.07, 6.45) is -1.70. The maximum absolute atomic E-state index is 12.4. The van der Waals surface area contributed by atoms with Crippen LogP contribution < -0.4 is 11.1 Å². The Kier molecular flexibility index (Phi) is 6.01. The van der Waals surface area contributed by atoms with Gasteiger partial charge in [0.15, 0.2) is 0 Å². The predicted molar refractivity (Wildman–Crippen MR) is 71.3 cm³/mol. The first-order valence-electron chi connectivity index (χ1n) is 6.56. The van der Waals surface area contributed by atoms with Gasteiger partial charge in [-0.2, -0.15) is 13.2 Å². The van der Waals surface area contributed by atoms with Gasteiger partial charge in [0.1, 0.15) is 0 Å². The Morgan fingerprint density at radius 3 is 2.35 bits per heavy atom. The highest BCUT2D eigenvalue weighted by Crippen LogP contribution is 2.29. The largest absolute Gasteiger partial charge is 0.416 e. The van der Waals surface area contributed by atoms with Crippen molar-refractivity contribution >= 4 is 5.91 Å². The molecule has 1 atom stereocenters. The third kappa shape index (κ3) is 4.85. The number of benzene rings is 1. The van der Waals surface area contributed by atoms with E-state index >= 15 is 0 Å². The topological polar surface area (TPSA) is 55.1 Å². The summed E-state index contributed by atoms with van der Waals surface area (Å²) in [5.41, 5.74) is 4.99. The van der Waals surface area contributed by atoms with Crippen molar-refractivity contribution in [2.45, 2.75) is 38.4 Å². The van der Waals surface area contributed by atoms with Gasteiger partial charge in [-0.25, -0.2) is 0 Å². The summed E-state index contributed by atoms with van der Waals surface area (Å²) in [5, 5.41) is 2.73. The number of nitrogens with two attached hydrogens (primary N) is 1. The zero-order valence-electron chi connectivity index (χ0n) is 11.3. The highest BCUT2D eigenvalue weighted by molar-refractivity contribution is 5.94. The molecule has 1 rings (SSSR count). The first kappa shape index (κ1) is 16.5. The fourth-order valence-corrected chi connectivity index (χ4v) is 1.78. The van der Waals surface area contributed by atoms with Crippen molar-refractivity contribution in [3.05, 3.63) is 35.4 Å². The summed E-state index contributed by atoms with van der Waals surface area (Å²) < 4.78 is 37.2. The minimum Gasteiger partial charge on any atom is -0.348 e. The van der Waals surface area contributed by atoms with Gasteiger partial charge in [-0.05, 0) is 30.7 Å². The van der Waals surface area contributed by atoms with Crippen molar-refractivity contribution in [3.63, 3.8) is 0 Å². The van der Waals surface area contributed by atoms with Crippen LogP contribution in [0.25, 0.3) is 0 Å². The number of carbonyl (C=O) groups is 1. The molecule has 0 saturated heterocycles. The van der Waals surface area contributed by atoms with Crippen LogP contribution in [0.2, 0.25) is 0 Å². The standard InChI is InChI=1S/C14H19F3N2O/c1-2-3-4-12(9-18)19-13(20)10-5-7-11(8-6-10)14(15,16)17/h5-8,12H,2-4,9,18H2,1H3,(H,19,20). The number of unbranched alkanes of at least 4 members (excludes halogenated alkanes) is 1. The molecule has 20 heavy (non-hydrogen) atoms. The van der Waals surface area contributed by atoms with Gasteiger partial charge < -0.3 is 11.1 Å². The van der Waals surface area contributed by atoms with Gasteiger partial charge in [-0.15, -0.1) is 0 Å². The SMILES string of the molecule is CCCCC(CN)NC(=O)c1ccc(C(F)(F)F)cc1. The molecular weight excluding hydrogens is 269 g/mol. The first-order valence-corrected chi connectivity index (χ1v) is 6.56. The summed E-state index contributed by atoms with van der Waals surface area (Å²) in [6, 6.07) is 4.00. The molecule has 0 aliphatic rings. The molecule has 0 saturated carbocycles. The van der Waals surface area contributed by atoms with Crippen molar-refractivity contribution in [2.24, 2.45) is 5.73 Å². The molecule has 0 aromatic heterocycles. The Balaban J connectivity index is 2.67. The van der Waals surface area contributed by atoms with Crippen LogP contribution >= 0.6 is 0 Å². The van der Waals surface area contributed by atoms with E-state index in [4.69, 9.17) is 5.73 Å². The number of carbonyl (C=O) groups excluding carboxylic acids is 1. The van der Waals surface area contributed by atoms with Crippen LogP contribution in [-0.4, -0.2) is 18.5 Å². The van der Waals surface area contributed by atoms with Gasteiger partial charge in [-0.1, -0.05) is 19.8 Å². The van der Waals surface area contributed by atoms with Gasteiger partial charge in [-0.3, -0.25) is 4.79 Å². The maximum atomic E-state index is 12.4. The lowest BCUT2D eigenvalue weighted by Crippen LogP contribution is -2.40. The van der Waals surface area contributed by atoms with E-state index in [9.17, 15) is 18.0 Å². The number of hydrogen-bond acceptors (Lipinski definition) is 2. The van der Waals surface area contributed by atoms with Gasteiger partial charge in [0.05, 0.1) is 5.56 Å². The molecule has 1 aromatic rings. The average Bonchev–Trinajstić information content (AvgIpc) is 2.42. The van der Waals surface area contributed by atoms with Crippen molar-refractivity contribution in [1.29, 1.82) is 0 Å². The maximum Gasteiger partial charge on any atom is 0.416 e. The van der Waals surface area contributed by atoms with Gasteiger partial charge in [0, 0.05) is 18.2 Å². The lowest BCUT2D eigenvalue weighted by atomic mass is 10.1. The number of amides is 1. The van der Waals surface area contributed by atoms with E-state index in [1.165, 1.54) is 12.1 Å². The summed E-state index contributed by atoms with van der Waals surface area (Å²) in [6.45, 7) is 2.34. The third-order valence-electron chi connectivity index (χ3n) is 3.00. The van der Waals surface area contributed by atoms with E-state index in [2.05, 4.69) is 5.32 Å². The highest BCUT2D eigenvalue weighted by Gasteiger charge is 2.30. The molecular formula is C14H19F3N2O. The summed E-state index contributed by atoms with van der Waals surface area (Å²) in [4.78, 5) is 11.9. The van der Waals surface area contributed by atoms with Crippen molar-refractivity contribution < 1.29 is 18.0 Å². The molecule has 0 radical (unpaired) electrons. The number of nitrogens with one attached hydrogen (secondary N) is 1. The first-order chi connectivity index (χ1) is 9.38. The van der Waals surface area contributed by atoms with E-state index in [0.29, 0.717) is 6.54 Å². The fraction of sp³-hybridized carbons (Fsp3) is 0.500. The second kappa shape index (κ2) is 7.28. The number of rotatable bonds is 6. The Morgan fingerprint density at radius 1 is 1.30 bits per heavy atom. The van der Waals surface area contributed by atoms with Crippen molar-refractivity contribution in [3.8, 4) is 0 Å². The molecule has 1 amide bonds. The highest BCUT2D eigenvalue weighted by atomic mass is 19.4. The molecule has 0 aliphatic carbocycles. The van der Waals surface area contributed by atoms with Gasteiger partial charge >= 0.3 is 6.18 Å². The number of halogens is 3. The van der Waals surface area contributed by atoms with E-state index in [0.717, 1.165) is 31.4 Å². The van der Waals surface area contributed by atoms with E-state index < -0.39 is 17.6 Å². The zero-order valence-corrected chi connectivity index (χ0v) is 11.3. The van der Waals surface area contributed by atoms with Crippen molar-refractivity contribution in [2.75, 3.05) is 6.54 Å². The van der Waals surface area contributed by atoms with Crippen LogP contribution in [0.15, 0.2) is 24.3 Å². The molecule has 6 heteroatoms. The third-order valence-corrected chi connectivity index (χ3v) is 3.00. The fourth-order valence-electron chi connectivity index (χ4n) is 1.78. The van der Waals surface area contributed by atoms with Crippen LogP contribution in [0.4, 0.5) is 13.2 Å². The second-order valence-electron chi connectivity index (χ2n) is 4.62. The smallest absolute Gasteiger partial charge is 0.348 e. The second-order valence-corrected chi connectivity index (χ2v) is 4.62. The lowest BCUT2D eigenvalue weighted by Gasteiger charge is -2.16. The molecule has 0 bridgehead atoms. The van der Waals surface area contributed by atoms with Crippen LogP contribution in [0.1, 0.15) is 42.1 Å². The summed E-state index contributed by atoms with van der Waals surface area (Å²) in [7, 11) is 0. The molecule has 1 unspecified atom stereocenters. The van der Waals surface area contributed by atoms with E-state index in [1.54, 1.807) is 0 Å². The molecule has 3 nitrogen and oxygen atoms in total. The summed E-state index contributed by atoms with van der Waals surface area (Å²) >= 11 is 0. The Hall–Kier alpha value is -1.56. The normalized spacial score (nSPS) is 13.1. The molecule has 3 N–H and O–H groups in total. The van der Waals surface area contributed by atoms with Gasteiger partial charge in [0.2, 0.25) is 0 Å². The predicted octanol–water partition coefficient (Wildman–Crippen LogP) is 2.95. The monoisotopic (exact) mass is 288 g/mol. The molecule has 1 aromatic carbocycles. The zero-order chi connectivity index (χ0) is 15.2. The minimum absolute atomic E-state index is 0.148. The summed E-state index contributed by atoms with van der Waals surface area (Å²) in [5.74, 6) is -0.398. The number of alkyl halides is 3. The van der Waals surface area contributed by atoms with Crippen LogP contribution in [0.5, 0.6) is 0 Å². The molecule has 0 spiro atoms. The van der Waals surface area contributed by atoms with Crippen molar-refractivity contribution in [1.82, 2.24) is 5.32 Å². The Morgan fingerprint density at radius 2 is 1.90 bits per heavy atom. The number of hydrogen-bond donors (Lipinski definition) is 2. The molecule has 0 heterocycles. The van der Waals surface area contributed by atoms with Crippen LogP contribution in [0.3, 0.4) is 0 Å². The van der Waals surface area contributed by atoms with E-state index in [1.807, 2.05) is 6.92 Å². The van der Waals surface area contributed by atoms with E-state index in [-0.39, 0.29) is 11.6 Å². The lowest BCUT2D eigenvalue weighted by molar-refractivity contribution is -0.137. The van der Waals surface area contributed by atoms with Gasteiger partial charge in [0.25, 0.3) is 5.91 Å². The molecule has 0 aliphatic heterocycles. The average molecular weight is 288 g/mol. The van der Waals surface area contributed by atoms with Crippen LogP contribution in [0, 0.1) is 0 Å². The minimum atomic E-state index is -4.39. The van der Waals surface area contributed by atoms with Crippen LogP contribution in [-0.2, 0) is 6.18 Å². The Labute approximate surface area is 116 Å². The molecule has 112 valence electrons.